The monoisotopic (exact) mass is 233 g/mol. The molecule has 90 valence electrons. The number of carbonyl (C=O) groups is 1. The topological polar surface area (TPSA) is 77.0 Å². The van der Waals surface area contributed by atoms with Crippen LogP contribution in [0.15, 0.2) is 17.1 Å². The minimum Gasteiger partial charge on any atom is -0.364 e. The third-order valence-corrected chi connectivity index (χ3v) is 2.41. The standard InChI is InChI=1S/C12H15N3O2/c1-8(2)15(5-4-13)12(17)10-7-14-9(3)6-11(10)16/h6-8H,5H2,1-3H3,(H,14,16). The summed E-state index contributed by atoms with van der Waals surface area (Å²) in [5.74, 6) is -0.414. The van der Waals surface area contributed by atoms with E-state index in [4.69, 9.17) is 5.26 Å². The summed E-state index contributed by atoms with van der Waals surface area (Å²) in [6.07, 6.45) is 1.40. The first kappa shape index (κ1) is 13.0. The zero-order chi connectivity index (χ0) is 13.0. The number of nitrogens with one attached hydrogen (secondary N) is 1. The fourth-order valence-electron chi connectivity index (χ4n) is 1.46. The van der Waals surface area contributed by atoms with Crippen molar-refractivity contribution in [2.24, 2.45) is 0 Å². The Balaban J connectivity index is 3.11. The second-order valence-electron chi connectivity index (χ2n) is 4.08. The van der Waals surface area contributed by atoms with E-state index in [1.165, 1.54) is 17.2 Å². The van der Waals surface area contributed by atoms with Gasteiger partial charge < -0.3 is 9.88 Å². The van der Waals surface area contributed by atoms with Gasteiger partial charge in [-0.05, 0) is 20.8 Å². The molecule has 17 heavy (non-hydrogen) atoms. The van der Waals surface area contributed by atoms with Gasteiger partial charge >= 0.3 is 0 Å². The Labute approximate surface area is 99.7 Å². The quantitative estimate of drug-likeness (QED) is 0.793. The second kappa shape index (κ2) is 5.30. The van der Waals surface area contributed by atoms with Crippen LogP contribution >= 0.6 is 0 Å². The van der Waals surface area contributed by atoms with E-state index in [0.29, 0.717) is 5.69 Å². The van der Waals surface area contributed by atoms with Crippen molar-refractivity contribution >= 4 is 5.91 Å². The fraction of sp³-hybridized carbons (Fsp3) is 0.417. The summed E-state index contributed by atoms with van der Waals surface area (Å²) in [7, 11) is 0. The van der Waals surface area contributed by atoms with Gasteiger partial charge in [-0.3, -0.25) is 9.59 Å². The van der Waals surface area contributed by atoms with Crippen molar-refractivity contribution in [1.82, 2.24) is 9.88 Å². The van der Waals surface area contributed by atoms with Crippen molar-refractivity contribution < 1.29 is 4.79 Å². The van der Waals surface area contributed by atoms with Crippen molar-refractivity contribution in [3.63, 3.8) is 0 Å². The third kappa shape index (κ3) is 2.94. The van der Waals surface area contributed by atoms with Crippen LogP contribution in [0.4, 0.5) is 0 Å². The number of aromatic nitrogens is 1. The summed E-state index contributed by atoms with van der Waals surface area (Å²) < 4.78 is 0. The summed E-state index contributed by atoms with van der Waals surface area (Å²) in [5.41, 5.74) is 0.442. The molecule has 1 rings (SSSR count). The lowest BCUT2D eigenvalue weighted by atomic mass is 10.2. The third-order valence-electron chi connectivity index (χ3n) is 2.41. The Morgan fingerprint density at radius 1 is 1.59 bits per heavy atom. The van der Waals surface area contributed by atoms with E-state index in [2.05, 4.69) is 4.98 Å². The lowest BCUT2D eigenvalue weighted by molar-refractivity contribution is 0.0729. The van der Waals surface area contributed by atoms with E-state index < -0.39 is 5.91 Å². The number of rotatable bonds is 3. The van der Waals surface area contributed by atoms with Crippen LogP contribution in [-0.2, 0) is 0 Å². The lowest BCUT2D eigenvalue weighted by Crippen LogP contribution is -2.39. The normalized spacial score (nSPS) is 10.1. The van der Waals surface area contributed by atoms with E-state index in [-0.39, 0.29) is 23.6 Å². The molecule has 0 radical (unpaired) electrons. The Morgan fingerprint density at radius 2 is 2.24 bits per heavy atom. The highest BCUT2D eigenvalue weighted by Crippen LogP contribution is 2.04. The first-order valence-electron chi connectivity index (χ1n) is 5.34. The largest absolute Gasteiger partial charge is 0.364 e. The number of pyridine rings is 1. The zero-order valence-corrected chi connectivity index (χ0v) is 10.2. The van der Waals surface area contributed by atoms with E-state index in [1.807, 2.05) is 6.07 Å². The van der Waals surface area contributed by atoms with Gasteiger partial charge in [-0.2, -0.15) is 5.26 Å². The van der Waals surface area contributed by atoms with Crippen LogP contribution in [0.1, 0.15) is 29.9 Å². The number of amides is 1. The van der Waals surface area contributed by atoms with Crippen molar-refractivity contribution in [1.29, 1.82) is 5.26 Å². The molecule has 0 fully saturated rings. The summed E-state index contributed by atoms with van der Waals surface area (Å²) in [6.45, 7) is 5.32. The molecular formula is C12H15N3O2. The number of aryl methyl sites for hydroxylation is 1. The minimum absolute atomic E-state index is 0.0240. The highest BCUT2D eigenvalue weighted by atomic mass is 16.2. The smallest absolute Gasteiger partial charge is 0.260 e. The van der Waals surface area contributed by atoms with Crippen LogP contribution in [0.25, 0.3) is 0 Å². The molecule has 0 spiro atoms. The van der Waals surface area contributed by atoms with E-state index in [9.17, 15) is 9.59 Å². The molecule has 1 aromatic heterocycles. The maximum absolute atomic E-state index is 12.1. The maximum atomic E-state index is 12.1. The molecule has 0 aliphatic rings. The van der Waals surface area contributed by atoms with Gasteiger partial charge in [0.2, 0.25) is 0 Å². The number of hydrogen-bond acceptors (Lipinski definition) is 3. The molecule has 1 heterocycles. The van der Waals surface area contributed by atoms with Crippen molar-refractivity contribution in [2.45, 2.75) is 26.8 Å². The molecule has 0 aromatic carbocycles. The van der Waals surface area contributed by atoms with Gasteiger partial charge in [-0.25, -0.2) is 0 Å². The van der Waals surface area contributed by atoms with Crippen LogP contribution in [0.2, 0.25) is 0 Å². The molecule has 1 N–H and O–H groups in total. The molecule has 0 aliphatic heterocycles. The van der Waals surface area contributed by atoms with Crippen LogP contribution in [0.3, 0.4) is 0 Å². The van der Waals surface area contributed by atoms with Gasteiger partial charge in [0.1, 0.15) is 12.1 Å². The fourth-order valence-corrected chi connectivity index (χ4v) is 1.46. The number of nitriles is 1. The number of carbonyl (C=O) groups excluding carboxylic acids is 1. The summed E-state index contributed by atoms with van der Waals surface area (Å²) in [6, 6.07) is 3.17. The minimum atomic E-state index is -0.414. The zero-order valence-electron chi connectivity index (χ0n) is 10.2. The predicted octanol–water partition coefficient (Wildman–Crippen LogP) is 1.06. The molecule has 0 atom stereocenters. The molecule has 1 amide bonds. The number of hydrogen-bond donors (Lipinski definition) is 1. The Bertz CT molecular complexity index is 511. The summed E-state index contributed by atoms with van der Waals surface area (Å²) in [4.78, 5) is 27.9. The van der Waals surface area contributed by atoms with E-state index >= 15 is 0 Å². The van der Waals surface area contributed by atoms with Crippen LogP contribution in [0, 0.1) is 18.3 Å². The molecule has 5 heteroatoms. The lowest BCUT2D eigenvalue weighted by Gasteiger charge is -2.23. The maximum Gasteiger partial charge on any atom is 0.260 e. The van der Waals surface area contributed by atoms with Gasteiger partial charge in [0.05, 0.1) is 6.07 Å². The summed E-state index contributed by atoms with van der Waals surface area (Å²) >= 11 is 0. The van der Waals surface area contributed by atoms with Crippen molar-refractivity contribution in [3.8, 4) is 6.07 Å². The average molecular weight is 233 g/mol. The molecule has 0 aliphatic carbocycles. The summed E-state index contributed by atoms with van der Waals surface area (Å²) in [5, 5.41) is 8.66. The van der Waals surface area contributed by atoms with Gasteiger partial charge in [0.15, 0.2) is 5.43 Å². The van der Waals surface area contributed by atoms with Gasteiger partial charge in [0, 0.05) is 24.0 Å². The number of aromatic amines is 1. The van der Waals surface area contributed by atoms with Crippen molar-refractivity contribution in [3.05, 3.63) is 33.7 Å². The Hall–Kier alpha value is -2.09. The molecular weight excluding hydrogens is 218 g/mol. The first-order valence-corrected chi connectivity index (χ1v) is 5.34. The Kier molecular flexibility index (Phi) is 4.05. The second-order valence-corrected chi connectivity index (χ2v) is 4.08. The van der Waals surface area contributed by atoms with Gasteiger partial charge in [-0.1, -0.05) is 0 Å². The van der Waals surface area contributed by atoms with Crippen LogP contribution in [-0.4, -0.2) is 28.4 Å². The van der Waals surface area contributed by atoms with Gasteiger partial charge in [0.25, 0.3) is 5.91 Å². The Morgan fingerprint density at radius 3 is 2.71 bits per heavy atom. The molecule has 0 saturated carbocycles. The van der Waals surface area contributed by atoms with E-state index in [0.717, 1.165) is 0 Å². The van der Waals surface area contributed by atoms with E-state index in [1.54, 1.807) is 20.8 Å². The van der Waals surface area contributed by atoms with Gasteiger partial charge in [-0.15, -0.1) is 0 Å². The highest BCUT2D eigenvalue weighted by molar-refractivity contribution is 5.94. The molecule has 0 saturated heterocycles. The van der Waals surface area contributed by atoms with Crippen molar-refractivity contribution in [2.75, 3.05) is 6.54 Å². The predicted molar refractivity (Wildman–Crippen MR) is 63.6 cm³/mol. The number of H-pyrrole nitrogens is 1. The molecule has 0 unspecified atom stereocenters. The average Bonchev–Trinajstić information content (AvgIpc) is 2.24. The molecule has 1 aromatic rings. The molecule has 5 nitrogen and oxygen atoms in total. The SMILES string of the molecule is Cc1cc(=O)c(C(=O)N(CC#N)C(C)C)c[nH]1. The first-order chi connectivity index (χ1) is 7.97. The van der Waals surface area contributed by atoms with Crippen LogP contribution in [0.5, 0.6) is 0 Å². The number of nitrogens with zero attached hydrogens (tertiary/aromatic N) is 2. The molecule has 0 bridgehead atoms. The highest BCUT2D eigenvalue weighted by Gasteiger charge is 2.20. The van der Waals surface area contributed by atoms with Crippen LogP contribution < -0.4 is 5.43 Å².